The van der Waals surface area contributed by atoms with Crippen molar-refractivity contribution in [2.75, 3.05) is 24.3 Å². The first-order chi connectivity index (χ1) is 9.88. The van der Waals surface area contributed by atoms with Gasteiger partial charge in [-0.2, -0.15) is 0 Å². The molecule has 0 aliphatic heterocycles. The average molecular weight is 355 g/mol. The number of carbonyl (C=O) groups excluding carboxylic acids is 1. The molecule has 0 saturated heterocycles. The first-order valence-electron chi connectivity index (χ1n) is 6.12. The minimum absolute atomic E-state index is 0.269. The summed E-state index contributed by atoms with van der Waals surface area (Å²) in [4.78, 5) is 13.9. The monoisotopic (exact) mass is 354 g/mol. The topological polar surface area (TPSA) is 32.3 Å². The van der Waals surface area contributed by atoms with Crippen LogP contribution in [0, 0.1) is 11.6 Å². The molecule has 21 heavy (non-hydrogen) atoms. The van der Waals surface area contributed by atoms with E-state index in [4.69, 9.17) is 0 Å². The predicted molar refractivity (Wildman–Crippen MR) is 82.8 cm³/mol. The van der Waals surface area contributed by atoms with Gasteiger partial charge in [-0.1, -0.05) is 15.9 Å². The van der Waals surface area contributed by atoms with Crippen LogP contribution in [0.1, 0.15) is 10.4 Å². The van der Waals surface area contributed by atoms with E-state index < -0.39 is 23.2 Å². The van der Waals surface area contributed by atoms with Gasteiger partial charge in [-0.3, -0.25) is 4.79 Å². The third kappa shape index (κ3) is 3.58. The second-order valence-electron chi connectivity index (χ2n) is 4.64. The van der Waals surface area contributed by atoms with Gasteiger partial charge in [0.25, 0.3) is 5.91 Å². The Morgan fingerprint density at radius 2 is 1.62 bits per heavy atom. The molecule has 0 aromatic heterocycles. The fraction of sp³-hybridized carbons (Fsp3) is 0.133. The van der Waals surface area contributed by atoms with Crippen molar-refractivity contribution in [3.63, 3.8) is 0 Å². The zero-order valence-corrected chi connectivity index (χ0v) is 13.0. The molecule has 3 nitrogen and oxygen atoms in total. The molecule has 0 atom stereocenters. The average Bonchev–Trinajstić information content (AvgIpc) is 2.42. The summed E-state index contributed by atoms with van der Waals surface area (Å²) in [5, 5.41) is 2.25. The second kappa shape index (κ2) is 6.22. The molecule has 0 aliphatic carbocycles. The fourth-order valence-electron chi connectivity index (χ4n) is 1.76. The third-order valence-corrected chi connectivity index (χ3v) is 3.35. The van der Waals surface area contributed by atoms with E-state index in [9.17, 15) is 13.6 Å². The Hall–Kier alpha value is -1.95. The van der Waals surface area contributed by atoms with Crippen molar-refractivity contribution < 1.29 is 13.6 Å². The summed E-state index contributed by atoms with van der Waals surface area (Å²) in [7, 11) is 3.75. The molecule has 2 rings (SSSR count). The predicted octanol–water partition coefficient (Wildman–Crippen LogP) is 4.05. The largest absolute Gasteiger partial charge is 0.378 e. The number of rotatable bonds is 3. The van der Waals surface area contributed by atoms with Crippen molar-refractivity contribution in [3.8, 4) is 0 Å². The van der Waals surface area contributed by atoms with E-state index in [2.05, 4.69) is 21.2 Å². The molecule has 110 valence electrons. The van der Waals surface area contributed by atoms with E-state index >= 15 is 0 Å². The van der Waals surface area contributed by atoms with E-state index in [1.54, 1.807) is 24.3 Å². The third-order valence-electron chi connectivity index (χ3n) is 2.89. The number of hydrogen-bond donors (Lipinski definition) is 1. The summed E-state index contributed by atoms with van der Waals surface area (Å²) in [5.74, 6) is -2.24. The highest BCUT2D eigenvalue weighted by atomic mass is 79.9. The molecular formula is C15H13BrF2N2O. The summed E-state index contributed by atoms with van der Waals surface area (Å²) in [5.41, 5.74) is 0.787. The Kier molecular flexibility index (Phi) is 4.57. The molecule has 0 bridgehead atoms. The van der Waals surface area contributed by atoms with Crippen LogP contribution in [0.15, 0.2) is 40.9 Å². The van der Waals surface area contributed by atoms with Crippen LogP contribution in [0.25, 0.3) is 0 Å². The SMILES string of the molecule is CN(C)c1ccc(C(=O)Nc2c(F)cc(Br)cc2F)cc1. The van der Waals surface area contributed by atoms with Crippen LogP contribution < -0.4 is 10.2 Å². The molecule has 1 N–H and O–H groups in total. The number of anilines is 2. The van der Waals surface area contributed by atoms with Gasteiger partial charge in [-0.25, -0.2) is 8.78 Å². The van der Waals surface area contributed by atoms with Gasteiger partial charge < -0.3 is 10.2 Å². The number of hydrogen-bond acceptors (Lipinski definition) is 2. The summed E-state index contributed by atoms with van der Waals surface area (Å²) in [6, 6.07) is 8.88. The first kappa shape index (κ1) is 15.4. The summed E-state index contributed by atoms with van der Waals surface area (Å²) in [6.07, 6.45) is 0. The molecule has 0 spiro atoms. The molecule has 0 fully saturated rings. The number of carbonyl (C=O) groups is 1. The molecular weight excluding hydrogens is 342 g/mol. The van der Waals surface area contributed by atoms with Crippen molar-refractivity contribution in [1.82, 2.24) is 0 Å². The molecule has 0 unspecified atom stereocenters. The Morgan fingerprint density at radius 1 is 1.10 bits per heavy atom. The summed E-state index contributed by atoms with van der Waals surface area (Å²) >= 11 is 2.98. The van der Waals surface area contributed by atoms with E-state index in [0.717, 1.165) is 17.8 Å². The quantitative estimate of drug-likeness (QED) is 0.901. The Bertz CT molecular complexity index is 649. The fourth-order valence-corrected chi connectivity index (χ4v) is 2.16. The van der Waals surface area contributed by atoms with Gasteiger partial charge in [0.15, 0.2) is 11.6 Å². The molecule has 0 heterocycles. The number of nitrogens with one attached hydrogen (secondary N) is 1. The van der Waals surface area contributed by atoms with Gasteiger partial charge in [0.05, 0.1) is 0 Å². The standard InChI is InChI=1S/C15H13BrF2N2O/c1-20(2)11-5-3-9(4-6-11)15(21)19-14-12(17)7-10(16)8-13(14)18/h3-8H,1-2H3,(H,19,21). The first-order valence-corrected chi connectivity index (χ1v) is 6.91. The van der Waals surface area contributed by atoms with Crippen molar-refractivity contribution >= 4 is 33.2 Å². The van der Waals surface area contributed by atoms with Crippen LogP contribution in [0.5, 0.6) is 0 Å². The van der Waals surface area contributed by atoms with Gasteiger partial charge in [0, 0.05) is 29.8 Å². The van der Waals surface area contributed by atoms with Crippen LogP contribution in [-0.2, 0) is 0 Å². The van der Waals surface area contributed by atoms with Crippen LogP contribution in [0.4, 0.5) is 20.2 Å². The number of halogens is 3. The van der Waals surface area contributed by atoms with Crippen LogP contribution in [0.2, 0.25) is 0 Å². The maximum atomic E-state index is 13.7. The van der Waals surface area contributed by atoms with Crippen molar-refractivity contribution in [3.05, 3.63) is 58.1 Å². The van der Waals surface area contributed by atoms with Gasteiger partial charge in [-0.15, -0.1) is 0 Å². The number of nitrogens with zero attached hydrogens (tertiary/aromatic N) is 1. The normalized spacial score (nSPS) is 10.3. The Balaban J connectivity index is 2.22. The van der Waals surface area contributed by atoms with Gasteiger partial charge in [-0.05, 0) is 36.4 Å². The van der Waals surface area contributed by atoms with Crippen LogP contribution >= 0.6 is 15.9 Å². The highest BCUT2D eigenvalue weighted by molar-refractivity contribution is 9.10. The Morgan fingerprint density at radius 3 is 2.10 bits per heavy atom. The van der Waals surface area contributed by atoms with Crippen molar-refractivity contribution in [2.45, 2.75) is 0 Å². The van der Waals surface area contributed by atoms with Crippen molar-refractivity contribution in [2.24, 2.45) is 0 Å². The van der Waals surface area contributed by atoms with E-state index in [1.807, 2.05) is 19.0 Å². The zero-order valence-electron chi connectivity index (χ0n) is 11.5. The highest BCUT2D eigenvalue weighted by Crippen LogP contribution is 2.24. The molecule has 0 radical (unpaired) electrons. The van der Waals surface area contributed by atoms with Gasteiger partial charge >= 0.3 is 0 Å². The molecule has 2 aromatic carbocycles. The minimum Gasteiger partial charge on any atom is -0.378 e. The van der Waals surface area contributed by atoms with E-state index in [-0.39, 0.29) is 4.47 Å². The minimum atomic E-state index is -0.833. The maximum absolute atomic E-state index is 13.7. The maximum Gasteiger partial charge on any atom is 0.255 e. The molecule has 2 aromatic rings. The molecule has 1 amide bonds. The van der Waals surface area contributed by atoms with Crippen LogP contribution in [0.3, 0.4) is 0 Å². The van der Waals surface area contributed by atoms with E-state index in [0.29, 0.717) is 5.56 Å². The molecule has 6 heteroatoms. The lowest BCUT2D eigenvalue weighted by atomic mass is 10.2. The van der Waals surface area contributed by atoms with Crippen LogP contribution in [-0.4, -0.2) is 20.0 Å². The molecule has 0 saturated carbocycles. The smallest absolute Gasteiger partial charge is 0.255 e. The van der Waals surface area contributed by atoms with Gasteiger partial charge in [0.2, 0.25) is 0 Å². The van der Waals surface area contributed by atoms with Crippen molar-refractivity contribution in [1.29, 1.82) is 0 Å². The van der Waals surface area contributed by atoms with Gasteiger partial charge in [0.1, 0.15) is 5.69 Å². The Labute approximate surface area is 129 Å². The lowest BCUT2D eigenvalue weighted by molar-refractivity contribution is 0.102. The number of amides is 1. The summed E-state index contributed by atoms with van der Waals surface area (Å²) < 4.78 is 27.6. The lowest BCUT2D eigenvalue weighted by Crippen LogP contribution is -2.15. The number of benzene rings is 2. The zero-order chi connectivity index (χ0) is 15.6. The summed E-state index contributed by atoms with van der Waals surface area (Å²) in [6.45, 7) is 0. The van der Waals surface area contributed by atoms with E-state index in [1.165, 1.54) is 0 Å². The lowest BCUT2D eigenvalue weighted by Gasteiger charge is -2.13. The second-order valence-corrected chi connectivity index (χ2v) is 5.56. The molecule has 0 aliphatic rings. The highest BCUT2D eigenvalue weighted by Gasteiger charge is 2.14.